The molecule has 0 aliphatic carbocycles. The summed E-state index contributed by atoms with van der Waals surface area (Å²) in [4.78, 5) is 18.2. The van der Waals surface area contributed by atoms with Crippen LogP contribution in [-0.4, -0.2) is 16.3 Å². The van der Waals surface area contributed by atoms with Crippen molar-refractivity contribution < 1.29 is 9.53 Å². The number of aromatic nitrogens is 2. The lowest BCUT2D eigenvalue weighted by Crippen LogP contribution is -1.93. The molecule has 4 nitrogen and oxygen atoms in total. The largest absolute Gasteiger partial charge is 0.423 e. The fraction of sp³-hybridized carbons (Fsp3) is 0. The van der Waals surface area contributed by atoms with Crippen molar-refractivity contribution >= 4 is 33.8 Å². The van der Waals surface area contributed by atoms with Gasteiger partial charge in [-0.05, 0) is 18.2 Å². The lowest BCUT2D eigenvalue weighted by Gasteiger charge is -2.05. The molecule has 0 atom stereocenters. The van der Waals surface area contributed by atoms with Crippen LogP contribution in [0.4, 0.5) is 0 Å². The van der Waals surface area contributed by atoms with E-state index in [1.165, 1.54) is 12.4 Å². The summed E-state index contributed by atoms with van der Waals surface area (Å²) in [6.07, 6.45) is 3.42. The molecule has 2 rings (SSSR count). The zero-order valence-electron chi connectivity index (χ0n) is 8.43. The molecule has 0 spiro atoms. The molecule has 0 N–H and O–H groups in total. The van der Waals surface area contributed by atoms with E-state index in [4.69, 9.17) is 16.3 Å². The highest BCUT2D eigenvalue weighted by Crippen LogP contribution is 2.30. The minimum absolute atomic E-state index is 0.139. The molecule has 1 heterocycles. The van der Waals surface area contributed by atoms with E-state index in [2.05, 4.69) is 25.9 Å². The molecule has 0 bridgehead atoms. The number of halogens is 2. The van der Waals surface area contributed by atoms with Gasteiger partial charge in [0.15, 0.2) is 6.29 Å². The predicted octanol–water partition coefficient (Wildman–Crippen LogP) is 3.50. The van der Waals surface area contributed by atoms with Crippen molar-refractivity contribution in [2.45, 2.75) is 0 Å². The maximum absolute atomic E-state index is 10.4. The number of carbonyl (C=O) groups is 1. The third-order valence-corrected chi connectivity index (χ3v) is 2.67. The van der Waals surface area contributed by atoms with Crippen LogP contribution in [0, 0.1) is 0 Å². The van der Waals surface area contributed by atoms with Gasteiger partial charge in [-0.25, -0.2) is 9.97 Å². The third-order valence-electron chi connectivity index (χ3n) is 1.88. The highest BCUT2D eigenvalue weighted by molar-refractivity contribution is 9.10. The molecule has 1 aromatic carbocycles. The second-order valence-corrected chi connectivity index (χ2v) is 4.42. The molecule has 0 fully saturated rings. The van der Waals surface area contributed by atoms with Gasteiger partial charge in [-0.2, -0.15) is 0 Å². The number of ether oxygens (including phenoxy) is 1. The molecule has 0 radical (unpaired) electrons. The number of hydrogen-bond acceptors (Lipinski definition) is 4. The van der Waals surface area contributed by atoms with Gasteiger partial charge in [-0.1, -0.05) is 27.5 Å². The summed E-state index contributed by atoms with van der Waals surface area (Å²) in [7, 11) is 0. The van der Waals surface area contributed by atoms with Crippen molar-refractivity contribution in [3.8, 4) is 11.8 Å². The van der Waals surface area contributed by atoms with Gasteiger partial charge in [-0.15, -0.1) is 0 Å². The molecule has 0 saturated carbocycles. The topological polar surface area (TPSA) is 52.1 Å². The van der Waals surface area contributed by atoms with Crippen molar-refractivity contribution in [3.63, 3.8) is 0 Å². The van der Waals surface area contributed by atoms with Gasteiger partial charge >= 0.3 is 6.01 Å². The first-order valence-corrected chi connectivity index (χ1v) is 5.76. The Hall–Kier alpha value is -1.46. The van der Waals surface area contributed by atoms with Crippen LogP contribution < -0.4 is 4.74 Å². The molecule has 2 aromatic rings. The normalized spacial score (nSPS) is 10.0. The van der Waals surface area contributed by atoms with Crippen LogP contribution in [-0.2, 0) is 0 Å². The smallest absolute Gasteiger partial charge is 0.321 e. The Kier molecular flexibility index (Phi) is 3.71. The Morgan fingerprint density at radius 2 is 2.00 bits per heavy atom. The summed E-state index contributed by atoms with van der Waals surface area (Å²) in [6.45, 7) is 0. The summed E-state index contributed by atoms with van der Waals surface area (Å²) in [6, 6.07) is 5.33. The van der Waals surface area contributed by atoms with E-state index in [9.17, 15) is 4.79 Å². The molecular weight excluding hydrogens is 307 g/mol. The third kappa shape index (κ3) is 3.01. The fourth-order valence-corrected chi connectivity index (χ4v) is 1.81. The Morgan fingerprint density at radius 3 is 2.59 bits per heavy atom. The Balaban J connectivity index is 2.22. The second-order valence-electron chi connectivity index (χ2n) is 3.09. The first kappa shape index (κ1) is 12.0. The Labute approximate surface area is 111 Å². The van der Waals surface area contributed by atoms with Gasteiger partial charge in [0.05, 0.1) is 10.6 Å². The van der Waals surface area contributed by atoms with Gasteiger partial charge in [0.25, 0.3) is 0 Å². The zero-order valence-corrected chi connectivity index (χ0v) is 10.8. The van der Waals surface area contributed by atoms with Crippen LogP contribution in [0.1, 0.15) is 10.4 Å². The minimum atomic E-state index is 0.139. The van der Waals surface area contributed by atoms with E-state index in [-0.39, 0.29) is 6.01 Å². The number of aldehydes is 1. The van der Waals surface area contributed by atoms with Gasteiger partial charge in [0, 0.05) is 16.9 Å². The van der Waals surface area contributed by atoms with Crippen LogP contribution in [0.25, 0.3) is 0 Å². The number of hydrogen-bond donors (Lipinski definition) is 0. The van der Waals surface area contributed by atoms with Crippen molar-refractivity contribution in [3.05, 3.63) is 45.7 Å². The van der Waals surface area contributed by atoms with E-state index in [0.717, 1.165) is 4.47 Å². The van der Waals surface area contributed by atoms with Crippen LogP contribution in [0.5, 0.6) is 11.8 Å². The van der Waals surface area contributed by atoms with Crippen LogP contribution in [0.15, 0.2) is 35.1 Å². The maximum atomic E-state index is 10.4. The summed E-state index contributed by atoms with van der Waals surface area (Å²) in [5.41, 5.74) is 0.388. The van der Waals surface area contributed by atoms with Crippen molar-refractivity contribution in [2.24, 2.45) is 0 Å². The van der Waals surface area contributed by atoms with E-state index in [1.54, 1.807) is 18.2 Å². The standard InChI is InChI=1S/C11H6BrClN2O2/c12-8-1-2-10(9(13)3-8)17-11-14-4-7(6-16)5-15-11/h1-6H. The minimum Gasteiger partial charge on any atom is -0.423 e. The van der Waals surface area contributed by atoms with Crippen LogP contribution in [0.3, 0.4) is 0 Å². The molecule has 0 aliphatic heterocycles. The summed E-state index contributed by atoms with van der Waals surface area (Å²) in [5, 5.41) is 0.447. The van der Waals surface area contributed by atoms with Gasteiger partial charge < -0.3 is 4.74 Å². The van der Waals surface area contributed by atoms with Crippen molar-refractivity contribution in [1.29, 1.82) is 0 Å². The van der Waals surface area contributed by atoms with E-state index in [0.29, 0.717) is 22.6 Å². The monoisotopic (exact) mass is 312 g/mol. The van der Waals surface area contributed by atoms with Gasteiger partial charge in [0.2, 0.25) is 0 Å². The van der Waals surface area contributed by atoms with Crippen LogP contribution in [0.2, 0.25) is 5.02 Å². The Morgan fingerprint density at radius 1 is 1.29 bits per heavy atom. The van der Waals surface area contributed by atoms with Gasteiger partial charge in [0.1, 0.15) is 5.75 Å². The van der Waals surface area contributed by atoms with Crippen molar-refractivity contribution in [1.82, 2.24) is 9.97 Å². The first-order chi connectivity index (χ1) is 8.19. The molecule has 0 unspecified atom stereocenters. The molecule has 6 heteroatoms. The molecular formula is C11H6BrClN2O2. The summed E-state index contributed by atoms with van der Waals surface area (Å²) >= 11 is 9.26. The number of carbonyl (C=O) groups excluding carboxylic acids is 1. The molecule has 86 valence electrons. The quantitative estimate of drug-likeness (QED) is 0.814. The highest BCUT2D eigenvalue weighted by Gasteiger charge is 2.05. The fourth-order valence-electron chi connectivity index (χ4n) is 1.10. The van der Waals surface area contributed by atoms with E-state index in [1.807, 2.05) is 0 Å². The summed E-state index contributed by atoms with van der Waals surface area (Å²) < 4.78 is 6.23. The molecule has 17 heavy (non-hydrogen) atoms. The average molecular weight is 314 g/mol. The van der Waals surface area contributed by atoms with Gasteiger partial charge in [-0.3, -0.25) is 4.79 Å². The van der Waals surface area contributed by atoms with Crippen molar-refractivity contribution in [2.75, 3.05) is 0 Å². The SMILES string of the molecule is O=Cc1cnc(Oc2ccc(Br)cc2Cl)nc1. The molecule has 0 aliphatic rings. The molecule has 0 amide bonds. The second kappa shape index (κ2) is 5.25. The number of nitrogens with zero attached hydrogens (tertiary/aromatic N) is 2. The maximum Gasteiger partial charge on any atom is 0.321 e. The number of rotatable bonds is 3. The summed E-state index contributed by atoms with van der Waals surface area (Å²) in [5.74, 6) is 0.453. The van der Waals surface area contributed by atoms with Crippen LogP contribution >= 0.6 is 27.5 Å². The lowest BCUT2D eigenvalue weighted by atomic mass is 10.3. The molecule has 1 aromatic heterocycles. The first-order valence-electron chi connectivity index (χ1n) is 4.59. The lowest BCUT2D eigenvalue weighted by molar-refractivity contribution is 0.112. The zero-order chi connectivity index (χ0) is 12.3. The average Bonchev–Trinajstić information content (AvgIpc) is 2.34. The number of benzene rings is 1. The van der Waals surface area contributed by atoms with E-state index < -0.39 is 0 Å². The predicted molar refractivity (Wildman–Crippen MR) is 66.6 cm³/mol. The molecule has 0 saturated heterocycles. The highest BCUT2D eigenvalue weighted by atomic mass is 79.9. The van der Waals surface area contributed by atoms with E-state index >= 15 is 0 Å². The Bertz CT molecular complexity index is 546.